The Morgan fingerprint density at radius 3 is 3.12 bits per heavy atom. The van der Waals surface area contributed by atoms with E-state index in [-0.39, 0.29) is 0 Å². The number of fused-ring (bicyclic) bond motifs is 1. The summed E-state index contributed by atoms with van der Waals surface area (Å²) in [7, 11) is 0. The van der Waals surface area contributed by atoms with Crippen LogP contribution >= 0.6 is 0 Å². The van der Waals surface area contributed by atoms with Crippen LogP contribution in [0.25, 0.3) is 11.0 Å². The Labute approximate surface area is 103 Å². The molecule has 2 heterocycles. The van der Waals surface area contributed by atoms with Gasteiger partial charge in [0, 0.05) is 24.3 Å². The molecule has 2 rings (SSSR count). The van der Waals surface area contributed by atoms with Crippen molar-refractivity contribution in [3.05, 3.63) is 30.1 Å². The molecule has 2 aromatic rings. The number of hydrogen-bond donors (Lipinski definition) is 2. The molecule has 2 aromatic heterocycles. The zero-order valence-electron chi connectivity index (χ0n) is 10.5. The summed E-state index contributed by atoms with van der Waals surface area (Å²) in [4.78, 5) is 7.49. The summed E-state index contributed by atoms with van der Waals surface area (Å²) in [6, 6.07) is 4.11. The molecule has 0 radical (unpaired) electrons. The minimum atomic E-state index is 0.928. The summed E-state index contributed by atoms with van der Waals surface area (Å²) in [6.45, 7) is 4.27. The predicted molar refractivity (Wildman–Crippen MR) is 71.9 cm³/mol. The van der Waals surface area contributed by atoms with E-state index in [1.165, 1.54) is 36.6 Å². The van der Waals surface area contributed by atoms with Gasteiger partial charge in [-0.15, -0.1) is 0 Å². The monoisotopic (exact) mass is 231 g/mol. The summed E-state index contributed by atoms with van der Waals surface area (Å²) < 4.78 is 0. The van der Waals surface area contributed by atoms with Gasteiger partial charge in [-0.3, -0.25) is 0 Å². The maximum absolute atomic E-state index is 4.29. The molecule has 17 heavy (non-hydrogen) atoms. The average Bonchev–Trinajstić information content (AvgIpc) is 2.77. The van der Waals surface area contributed by atoms with Crippen LogP contribution in [0.1, 0.15) is 38.2 Å². The number of unbranched alkanes of at least 4 members (excludes halogenated alkanes) is 3. The van der Waals surface area contributed by atoms with E-state index in [2.05, 4.69) is 34.5 Å². The molecule has 0 saturated carbocycles. The lowest BCUT2D eigenvalue weighted by atomic mass is 10.2. The van der Waals surface area contributed by atoms with Gasteiger partial charge in [-0.05, 0) is 30.7 Å². The highest BCUT2D eigenvalue weighted by molar-refractivity contribution is 5.79. The second kappa shape index (κ2) is 6.40. The maximum atomic E-state index is 4.29. The summed E-state index contributed by atoms with van der Waals surface area (Å²) in [6.07, 6.45) is 9.12. The minimum Gasteiger partial charge on any atom is -0.346 e. The largest absolute Gasteiger partial charge is 0.346 e. The molecule has 0 aliphatic carbocycles. The minimum absolute atomic E-state index is 0.928. The van der Waals surface area contributed by atoms with Crippen molar-refractivity contribution in [2.45, 2.75) is 39.2 Å². The van der Waals surface area contributed by atoms with Gasteiger partial charge >= 0.3 is 0 Å². The standard InChI is InChI=1S/C14H21N3/c1-2-3-4-5-8-15-10-12-11-17-14-13(12)7-6-9-16-14/h6-7,9,11,15H,2-5,8,10H2,1H3,(H,16,17). The summed E-state index contributed by atoms with van der Waals surface area (Å²) in [5.41, 5.74) is 2.29. The molecular weight excluding hydrogens is 210 g/mol. The first kappa shape index (κ1) is 12.1. The first-order valence-corrected chi connectivity index (χ1v) is 6.53. The fourth-order valence-corrected chi connectivity index (χ4v) is 2.06. The van der Waals surface area contributed by atoms with E-state index in [1.807, 2.05) is 12.3 Å². The van der Waals surface area contributed by atoms with Crippen LogP contribution in [-0.2, 0) is 6.54 Å². The highest BCUT2D eigenvalue weighted by Crippen LogP contribution is 2.14. The van der Waals surface area contributed by atoms with Crippen LogP contribution in [-0.4, -0.2) is 16.5 Å². The van der Waals surface area contributed by atoms with Gasteiger partial charge in [-0.2, -0.15) is 0 Å². The lowest BCUT2D eigenvalue weighted by Gasteiger charge is -2.03. The van der Waals surface area contributed by atoms with E-state index in [4.69, 9.17) is 0 Å². The lowest BCUT2D eigenvalue weighted by molar-refractivity contribution is 0.599. The molecule has 3 heteroatoms. The third kappa shape index (κ3) is 3.30. The fourth-order valence-electron chi connectivity index (χ4n) is 2.06. The molecule has 2 N–H and O–H groups in total. The summed E-state index contributed by atoms with van der Waals surface area (Å²) in [5, 5.41) is 4.72. The van der Waals surface area contributed by atoms with Crippen molar-refractivity contribution in [1.82, 2.24) is 15.3 Å². The molecular formula is C14H21N3. The van der Waals surface area contributed by atoms with E-state index in [0.29, 0.717) is 0 Å². The number of hydrogen-bond acceptors (Lipinski definition) is 2. The Hall–Kier alpha value is -1.35. The molecule has 0 fully saturated rings. The predicted octanol–water partition coefficient (Wildman–Crippen LogP) is 3.23. The third-order valence-electron chi connectivity index (χ3n) is 3.06. The normalized spacial score (nSPS) is 11.1. The van der Waals surface area contributed by atoms with Crippen molar-refractivity contribution >= 4 is 11.0 Å². The Kier molecular flexibility index (Phi) is 4.56. The van der Waals surface area contributed by atoms with Crippen LogP contribution < -0.4 is 5.32 Å². The first-order valence-electron chi connectivity index (χ1n) is 6.53. The molecule has 0 spiro atoms. The number of aromatic amines is 1. The summed E-state index contributed by atoms with van der Waals surface area (Å²) >= 11 is 0. The molecule has 92 valence electrons. The smallest absolute Gasteiger partial charge is 0.137 e. The van der Waals surface area contributed by atoms with Gasteiger partial charge in [0.15, 0.2) is 0 Å². The van der Waals surface area contributed by atoms with E-state index in [1.54, 1.807) is 0 Å². The molecule has 0 unspecified atom stereocenters. The number of aromatic nitrogens is 2. The molecule has 0 aliphatic heterocycles. The molecule has 3 nitrogen and oxygen atoms in total. The van der Waals surface area contributed by atoms with Gasteiger partial charge in [-0.25, -0.2) is 4.98 Å². The Morgan fingerprint density at radius 1 is 1.29 bits per heavy atom. The van der Waals surface area contributed by atoms with Crippen LogP contribution in [0.5, 0.6) is 0 Å². The van der Waals surface area contributed by atoms with Gasteiger partial charge in [-0.1, -0.05) is 26.2 Å². The Morgan fingerprint density at radius 2 is 2.24 bits per heavy atom. The van der Waals surface area contributed by atoms with Crippen molar-refractivity contribution in [3.63, 3.8) is 0 Å². The molecule has 0 aliphatic rings. The SMILES string of the molecule is CCCCCCNCc1c[nH]c2ncccc12. The number of H-pyrrole nitrogens is 1. The second-order valence-corrected chi connectivity index (χ2v) is 4.45. The first-order chi connectivity index (χ1) is 8.42. The Bertz CT molecular complexity index is 447. The number of rotatable bonds is 7. The third-order valence-corrected chi connectivity index (χ3v) is 3.06. The topological polar surface area (TPSA) is 40.7 Å². The van der Waals surface area contributed by atoms with Crippen LogP contribution in [0.3, 0.4) is 0 Å². The fraction of sp³-hybridized carbons (Fsp3) is 0.500. The summed E-state index contributed by atoms with van der Waals surface area (Å²) in [5.74, 6) is 0. The van der Waals surface area contributed by atoms with Crippen molar-refractivity contribution in [3.8, 4) is 0 Å². The van der Waals surface area contributed by atoms with Crippen molar-refractivity contribution in [2.24, 2.45) is 0 Å². The van der Waals surface area contributed by atoms with Gasteiger partial charge in [0.05, 0.1) is 0 Å². The second-order valence-electron chi connectivity index (χ2n) is 4.45. The quantitative estimate of drug-likeness (QED) is 0.718. The zero-order valence-corrected chi connectivity index (χ0v) is 10.5. The van der Waals surface area contributed by atoms with Crippen molar-refractivity contribution < 1.29 is 0 Å². The zero-order chi connectivity index (χ0) is 11.9. The number of nitrogens with one attached hydrogen (secondary N) is 2. The highest BCUT2D eigenvalue weighted by atomic mass is 14.9. The van der Waals surface area contributed by atoms with Crippen molar-refractivity contribution in [1.29, 1.82) is 0 Å². The van der Waals surface area contributed by atoms with Gasteiger partial charge in [0.1, 0.15) is 5.65 Å². The van der Waals surface area contributed by atoms with E-state index in [0.717, 1.165) is 18.7 Å². The highest BCUT2D eigenvalue weighted by Gasteiger charge is 2.02. The molecule has 0 aromatic carbocycles. The number of pyridine rings is 1. The van der Waals surface area contributed by atoms with Crippen LogP contribution in [0.15, 0.2) is 24.5 Å². The molecule has 0 amide bonds. The molecule has 0 atom stereocenters. The van der Waals surface area contributed by atoms with E-state index >= 15 is 0 Å². The van der Waals surface area contributed by atoms with Crippen LogP contribution in [0.4, 0.5) is 0 Å². The lowest BCUT2D eigenvalue weighted by Crippen LogP contribution is -2.14. The van der Waals surface area contributed by atoms with E-state index < -0.39 is 0 Å². The Balaban J connectivity index is 1.79. The van der Waals surface area contributed by atoms with Gasteiger partial charge < -0.3 is 10.3 Å². The van der Waals surface area contributed by atoms with Crippen molar-refractivity contribution in [2.75, 3.05) is 6.54 Å². The molecule has 0 saturated heterocycles. The van der Waals surface area contributed by atoms with Gasteiger partial charge in [0.2, 0.25) is 0 Å². The van der Waals surface area contributed by atoms with Crippen LogP contribution in [0, 0.1) is 0 Å². The van der Waals surface area contributed by atoms with Gasteiger partial charge in [0.25, 0.3) is 0 Å². The molecule has 0 bridgehead atoms. The average molecular weight is 231 g/mol. The maximum Gasteiger partial charge on any atom is 0.137 e. The number of nitrogens with zero attached hydrogens (tertiary/aromatic N) is 1. The van der Waals surface area contributed by atoms with E-state index in [9.17, 15) is 0 Å². The van der Waals surface area contributed by atoms with Crippen LogP contribution in [0.2, 0.25) is 0 Å².